The number of fused-ring (bicyclic) bond motifs is 1. The Morgan fingerprint density at radius 2 is 2.13 bits per heavy atom. The van der Waals surface area contributed by atoms with E-state index in [1.54, 1.807) is 31.5 Å². The van der Waals surface area contributed by atoms with Crippen LogP contribution in [-0.2, 0) is 26.7 Å². The second kappa shape index (κ2) is 8.22. The molecule has 0 saturated heterocycles. The van der Waals surface area contributed by atoms with Crippen LogP contribution in [0.4, 0.5) is 5.69 Å². The zero-order chi connectivity index (χ0) is 22.1. The molecule has 31 heavy (non-hydrogen) atoms. The smallest absolute Gasteiger partial charge is 0.231 e. The molecule has 10 heteroatoms. The lowest BCUT2D eigenvalue weighted by Gasteiger charge is -2.28. The number of methoxy groups -OCH3 is 1. The summed E-state index contributed by atoms with van der Waals surface area (Å²) in [6.07, 6.45) is 5.25. The van der Waals surface area contributed by atoms with Crippen LogP contribution in [0.2, 0.25) is 0 Å². The minimum absolute atomic E-state index is 0.112. The first-order valence-electron chi connectivity index (χ1n) is 9.60. The van der Waals surface area contributed by atoms with Crippen molar-refractivity contribution < 1.29 is 22.6 Å². The Balaban J connectivity index is 1.68. The quantitative estimate of drug-likeness (QED) is 0.615. The molecule has 0 aliphatic carbocycles. The monoisotopic (exact) mass is 444 g/mol. The zero-order valence-electron chi connectivity index (χ0n) is 17.2. The number of hydrogen-bond acceptors (Lipinski definition) is 9. The molecule has 2 aliphatic rings. The van der Waals surface area contributed by atoms with Gasteiger partial charge in [-0.1, -0.05) is 6.07 Å². The Morgan fingerprint density at radius 1 is 1.29 bits per heavy atom. The molecule has 2 aromatic rings. The van der Waals surface area contributed by atoms with Crippen LogP contribution >= 0.6 is 0 Å². The molecule has 0 spiro atoms. The van der Waals surface area contributed by atoms with Gasteiger partial charge in [-0.25, -0.2) is 13.4 Å². The molecule has 9 nitrogen and oxygen atoms in total. The number of anilines is 1. The van der Waals surface area contributed by atoms with Crippen molar-refractivity contribution in [2.45, 2.75) is 17.0 Å². The number of nitrogens with two attached hydrogens (primary N) is 1. The normalized spacial score (nSPS) is 19.6. The third-order valence-corrected chi connectivity index (χ3v) is 6.05. The van der Waals surface area contributed by atoms with E-state index in [4.69, 9.17) is 19.9 Å². The summed E-state index contributed by atoms with van der Waals surface area (Å²) in [7, 11) is -1.68. The van der Waals surface area contributed by atoms with Gasteiger partial charge in [-0.05, 0) is 48.4 Å². The van der Waals surface area contributed by atoms with Crippen molar-refractivity contribution in [3.8, 4) is 11.5 Å². The van der Waals surface area contributed by atoms with Crippen molar-refractivity contribution in [1.29, 1.82) is 0 Å². The first kappa shape index (κ1) is 21.2. The van der Waals surface area contributed by atoms with E-state index in [9.17, 15) is 8.42 Å². The Morgan fingerprint density at radius 3 is 2.90 bits per heavy atom. The van der Waals surface area contributed by atoms with Crippen molar-refractivity contribution in [2.75, 3.05) is 32.1 Å². The Labute approximate surface area is 180 Å². The second-order valence-electron chi connectivity index (χ2n) is 7.31. The van der Waals surface area contributed by atoms with Crippen LogP contribution in [0.3, 0.4) is 0 Å². The van der Waals surface area contributed by atoms with Gasteiger partial charge < -0.3 is 24.8 Å². The zero-order valence-corrected chi connectivity index (χ0v) is 18.0. The summed E-state index contributed by atoms with van der Waals surface area (Å²) in [4.78, 5) is 4.85. The van der Waals surface area contributed by atoms with Crippen LogP contribution in [-0.4, -0.2) is 41.1 Å². The molecule has 1 atom stereocenters. The summed E-state index contributed by atoms with van der Waals surface area (Å²) in [6.45, 7) is 0.669. The van der Waals surface area contributed by atoms with Crippen LogP contribution in [0.1, 0.15) is 11.1 Å². The van der Waals surface area contributed by atoms with Crippen molar-refractivity contribution >= 4 is 21.5 Å². The number of rotatable bonds is 6. The van der Waals surface area contributed by atoms with Gasteiger partial charge in [-0.15, -0.1) is 0 Å². The topological polar surface area (TPSA) is 124 Å². The van der Waals surface area contributed by atoms with Gasteiger partial charge in [0.15, 0.2) is 27.0 Å². The van der Waals surface area contributed by atoms with Crippen LogP contribution < -0.4 is 25.8 Å². The minimum atomic E-state index is -3.33. The van der Waals surface area contributed by atoms with Gasteiger partial charge in [0.1, 0.15) is 0 Å². The lowest BCUT2D eigenvalue weighted by molar-refractivity contribution is 0.172. The predicted molar refractivity (Wildman–Crippen MR) is 117 cm³/mol. The Hall–Kier alpha value is -3.08. The fourth-order valence-corrected chi connectivity index (χ4v) is 4.05. The minimum Gasteiger partial charge on any atom is -0.454 e. The van der Waals surface area contributed by atoms with Crippen molar-refractivity contribution in [3.05, 3.63) is 59.8 Å². The van der Waals surface area contributed by atoms with Gasteiger partial charge in [0, 0.05) is 30.8 Å². The molecule has 4 N–H and O–H groups in total. The molecule has 2 aliphatic heterocycles. The van der Waals surface area contributed by atoms with Crippen molar-refractivity contribution in [1.82, 2.24) is 5.32 Å². The first-order valence-corrected chi connectivity index (χ1v) is 11.5. The van der Waals surface area contributed by atoms with Crippen molar-refractivity contribution in [3.63, 3.8) is 0 Å². The van der Waals surface area contributed by atoms with Crippen LogP contribution in [0, 0.1) is 0 Å². The van der Waals surface area contributed by atoms with Gasteiger partial charge in [-0.3, -0.25) is 5.73 Å². The maximum Gasteiger partial charge on any atom is 0.231 e. The van der Waals surface area contributed by atoms with Gasteiger partial charge in [0.05, 0.1) is 11.5 Å². The van der Waals surface area contributed by atoms with Crippen LogP contribution in [0.25, 0.3) is 0 Å². The number of hydrogen-bond donors (Lipinski definition) is 3. The summed E-state index contributed by atoms with van der Waals surface area (Å²) in [5, 5.41) is 6.09. The maximum absolute atomic E-state index is 11.8. The van der Waals surface area contributed by atoms with E-state index < -0.39 is 15.5 Å². The summed E-state index contributed by atoms with van der Waals surface area (Å²) < 4.78 is 40.1. The SMILES string of the molecule is COCCc1cc2c(c(C3(N)C=CNC(Nc4cccc(S(C)(=O)=O)c4)=N3)c1)OCO2. The van der Waals surface area contributed by atoms with E-state index >= 15 is 0 Å². The van der Waals surface area contributed by atoms with Gasteiger partial charge >= 0.3 is 0 Å². The maximum atomic E-state index is 11.8. The Bertz CT molecular complexity index is 1160. The molecule has 0 saturated carbocycles. The highest BCUT2D eigenvalue weighted by Gasteiger charge is 2.34. The van der Waals surface area contributed by atoms with E-state index in [1.165, 1.54) is 12.1 Å². The number of nitrogens with zero attached hydrogens (tertiary/aromatic N) is 1. The number of nitrogens with one attached hydrogen (secondary N) is 2. The van der Waals surface area contributed by atoms with Gasteiger partial charge in [0.2, 0.25) is 12.8 Å². The summed E-state index contributed by atoms with van der Waals surface area (Å²) in [6, 6.07) is 10.3. The van der Waals surface area contributed by atoms with Gasteiger partial charge in [-0.2, -0.15) is 0 Å². The molecular weight excluding hydrogens is 420 g/mol. The average Bonchev–Trinajstić information content (AvgIpc) is 3.20. The molecule has 0 aromatic heterocycles. The number of aliphatic imine (C=N–C) groups is 1. The lowest BCUT2D eigenvalue weighted by atomic mass is 9.95. The number of benzene rings is 2. The molecular formula is C21H24N4O5S. The first-order chi connectivity index (χ1) is 14.8. The van der Waals surface area contributed by atoms with Crippen LogP contribution in [0.15, 0.2) is 58.6 Å². The number of sulfone groups is 1. The van der Waals surface area contributed by atoms with E-state index in [-0.39, 0.29) is 11.7 Å². The molecule has 0 fully saturated rings. The highest BCUT2D eigenvalue weighted by molar-refractivity contribution is 7.90. The lowest BCUT2D eigenvalue weighted by Crippen LogP contribution is -2.42. The second-order valence-corrected chi connectivity index (χ2v) is 9.32. The van der Waals surface area contributed by atoms with Crippen LogP contribution in [0.5, 0.6) is 11.5 Å². The van der Waals surface area contributed by atoms with E-state index in [0.29, 0.717) is 41.7 Å². The summed E-state index contributed by atoms with van der Waals surface area (Å²) in [5.74, 6) is 1.54. The number of ether oxygens (including phenoxy) is 3. The predicted octanol–water partition coefficient (Wildman–Crippen LogP) is 1.70. The van der Waals surface area contributed by atoms with E-state index in [2.05, 4.69) is 15.6 Å². The fraction of sp³-hybridized carbons (Fsp3) is 0.286. The number of guanidine groups is 1. The molecule has 1 unspecified atom stereocenters. The third-order valence-electron chi connectivity index (χ3n) is 4.94. The molecule has 2 aromatic carbocycles. The van der Waals surface area contributed by atoms with E-state index in [0.717, 1.165) is 11.8 Å². The van der Waals surface area contributed by atoms with Gasteiger partial charge in [0.25, 0.3) is 0 Å². The highest BCUT2D eigenvalue weighted by Crippen LogP contribution is 2.42. The molecule has 164 valence electrons. The largest absolute Gasteiger partial charge is 0.454 e. The highest BCUT2D eigenvalue weighted by atomic mass is 32.2. The Kier molecular flexibility index (Phi) is 5.61. The summed E-state index contributed by atoms with van der Waals surface area (Å²) in [5.41, 5.74) is 7.67. The van der Waals surface area contributed by atoms with E-state index in [1.807, 2.05) is 12.1 Å². The average molecular weight is 445 g/mol. The molecule has 0 radical (unpaired) electrons. The molecule has 4 rings (SSSR count). The molecule has 2 heterocycles. The summed E-state index contributed by atoms with van der Waals surface area (Å²) >= 11 is 0. The third kappa shape index (κ3) is 4.50. The molecule has 0 bridgehead atoms. The fourth-order valence-electron chi connectivity index (χ4n) is 3.39. The molecule has 0 amide bonds. The standard InChI is InChI=1S/C21H24N4O5S/c1-28-9-6-14-10-17(19-18(11-14)29-13-30-19)21(22)7-8-23-20(25-21)24-15-4-3-5-16(12-15)31(2,26)27/h3-5,7-8,10-12H,6,9,13,22H2,1-2H3,(H2,23,24,25). The van der Waals surface area contributed by atoms with Crippen molar-refractivity contribution in [2.24, 2.45) is 10.7 Å².